The number of anilines is 1. The summed E-state index contributed by atoms with van der Waals surface area (Å²) in [6.45, 7) is 13.7. The number of nitrogens with zero attached hydrogens (tertiary/aromatic N) is 3. The molecule has 3 aliphatic heterocycles. The van der Waals surface area contributed by atoms with Gasteiger partial charge < -0.3 is 23.8 Å². The highest BCUT2D eigenvalue weighted by molar-refractivity contribution is 9.10. The summed E-state index contributed by atoms with van der Waals surface area (Å²) in [6.07, 6.45) is 2.37. The minimum Gasteiger partial charge on any atom is -0.475 e. The number of imidazole rings is 1. The molecular weight excluding hydrogens is 703 g/mol. The summed E-state index contributed by atoms with van der Waals surface area (Å²) < 4.78 is 42.4. The first-order valence-electron chi connectivity index (χ1n) is 17.4. The Morgan fingerprint density at radius 2 is 1.82 bits per heavy atom. The third kappa shape index (κ3) is 7.42. The average Bonchev–Trinajstić information content (AvgIpc) is 3.39. The van der Waals surface area contributed by atoms with Crippen LogP contribution in [0.5, 0.6) is 5.75 Å². The molecule has 2 atom stereocenters. The predicted molar refractivity (Wildman–Crippen MR) is 197 cm³/mol. The summed E-state index contributed by atoms with van der Waals surface area (Å²) in [5.74, 6) is 0.557. The molecule has 7 rings (SSSR count). The number of piperidine rings is 1. The Labute approximate surface area is 302 Å². The van der Waals surface area contributed by atoms with E-state index in [0.29, 0.717) is 58.9 Å². The molecule has 0 saturated carbocycles. The van der Waals surface area contributed by atoms with E-state index < -0.39 is 23.9 Å². The Morgan fingerprint density at radius 1 is 1.10 bits per heavy atom. The lowest BCUT2D eigenvalue weighted by Gasteiger charge is -2.42. The number of benzene rings is 2. The minimum atomic E-state index is -0.975. The second kappa shape index (κ2) is 14.3. The molecule has 0 radical (unpaired) electrons. The Kier molecular flexibility index (Phi) is 10.3. The van der Waals surface area contributed by atoms with Crippen LogP contribution in [-0.2, 0) is 19.0 Å². The van der Waals surface area contributed by atoms with Crippen molar-refractivity contribution < 1.29 is 28.1 Å². The van der Waals surface area contributed by atoms with Crippen molar-refractivity contribution in [1.29, 1.82) is 0 Å². The molecule has 50 heavy (non-hydrogen) atoms. The molecule has 1 fully saturated rings. The van der Waals surface area contributed by atoms with Crippen LogP contribution in [0.4, 0.5) is 10.2 Å². The van der Waals surface area contributed by atoms with E-state index in [1.54, 1.807) is 13.0 Å². The van der Waals surface area contributed by atoms with Crippen molar-refractivity contribution in [3.63, 3.8) is 0 Å². The number of carbonyl (C=O) groups excluding carboxylic acids is 1. The molecule has 6 bridgehead atoms. The van der Waals surface area contributed by atoms with Gasteiger partial charge in [0.15, 0.2) is 6.10 Å². The third-order valence-corrected chi connectivity index (χ3v) is 10.4. The molecule has 4 aromatic rings. The van der Waals surface area contributed by atoms with Gasteiger partial charge in [-0.2, -0.15) is 0 Å². The molecule has 0 amide bonds. The zero-order valence-electron chi connectivity index (χ0n) is 30.1. The highest BCUT2D eigenvalue weighted by Crippen LogP contribution is 2.43. The first-order valence-corrected chi connectivity index (χ1v) is 18.2. The lowest BCUT2D eigenvalue weighted by atomic mass is 9.92. The molecule has 11 heteroatoms. The maximum absolute atomic E-state index is 15.1. The fourth-order valence-corrected chi connectivity index (χ4v) is 7.59. The molecular formula is C39H48BrFN4O5. The van der Waals surface area contributed by atoms with Crippen LogP contribution in [0.15, 0.2) is 47.1 Å². The molecule has 2 N–H and O–H groups in total. The van der Waals surface area contributed by atoms with Gasteiger partial charge in [-0.25, -0.2) is 14.2 Å². The maximum Gasteiger partial charge on any atom is 0.339 e. The third-order valence-electron chi connectivity index (χ3n) is 9.66. The Balaban J connectivity index is 1.58. The molecule has 2 aromatic heterocycles. The van der Waals surface area contributed by atoms with Crippen molar-refractivity contribution >= 4 is 33.4 Å². The molecule has 0 aliphatic carbocycles. The van der Waals surface area contributed by atoms with Gasteiger partial charge in [0, 0.05) is 36.4 Å². The molecule has 9 nitrogen and oxygen atoms in total. The topological polar surface area (TPSA) is 101 Å². The van der Waals surface area contributed by atoms with Crippen LogP contribution in [0.3, 0.4) is 0 Å². The van der Waals surface area contributed by atoms with Crippen molar-refractivity contribution in [1.82, 2.24) is 9.38 Å². The molecule has 0 spiro atoms. The van der Waals surface area contributed by atoms with Gasteiger partial charge in [-0.15, -0.1) is 0 Å². The number of pyridine rings is 1. The predicted octanol–water partition coefficient (Wildman–Crippen LogP) is 8.44. The number of rotatable bonds is 3. The van der Waals surface area contributed by atoms with Crippen LogP contribution in [0.2, 0.25) is 0 Å². The molecule has 2 aromatic carbocycles. The summed E-state index contributed by atoms with van der Waals surface area (Å²) in [7, 11) is 1.39. The summed E-state index contributed by atoms with van der Waals surface area (Å²) >= 11 is 3.93. The van der Waals surface area contributed by atoms with Crippen LogP contribution >= 0.6 is 15.9 Å². The van der Waals surface area contributed by atoms with E-state index in [1.807, 2.05) is 58.0 Å². The van der Waals surface area contributed by atoms with Gasteiger partial charge in [0.2, 0.25) is 0 Å². The number of aromatic nitrogens is 2. The largest absolute Gasteiger partial charge is 0.475 e. The number of carbonyl (C=O) groups is 1. The zero-order valence-corrected chi connectivity index (χ0v) is 31.7. The number of hydrogen-bond donors (Lipinski definition) is 1. The first kappa shape index (κ1) is 36.3. The summed E-state index contributed by atoms with van der Waals surface area (Å²) in [4.78, 5) is 21.0. The molecule has 5 heterocycles. The average molecular weight is 752 g/mol. The van der Waals surface area contributed by atoms with Crippen molar-refractivity contribution in [3.05, 3.63) is 69.6 Å². The molecule has 3 aliphatic rings. The smallest absolute Gasteiger partial charge is 0.339 e. The lowest BCUT2D eigenvalue weighted by Crippen LogP contribution is -2.45. The molecule has 268 valence electrons. The lowest BCUT2D eigenvalue weighted by molar-refractivity contribution is -0.164. The zero-order chi connectivity index (χ0) is 36.0. The molecule has 1 saturated heterocycles. The Bertz CT molecular complexity index is 1900. The van der Waals surface area contributed by atoms with Crippen molar-refractivity contribution in [2.45, 2.75) is 97.2 Å². The minimum absolute atomic E-state index is 0.305. The fourth-order valence-electron chi connectivity index (χ4n) is 6.92. The van der Waals surface area contributed by atoms with Gasteiger partial charge in [-0.1, -0.05) is 18.2 Å². The quantitative estimate of drug-likeness (QED) is 0.208. The van der Waals surface area contributed by atoms with Gasteiger partial charge in [0.1, 0.15) is 39.6 Å². The van der Waals surface area contributed by atoms with Crippen molar-refractivity contribution in [2.75, 3.05) is 31.7 Å². The van der Waals surface area contributed by atoms with Gasteiger partial charge in [-0.05, 0) is 131 Å². The SMILES string of the molecule is COC(=O)[C@@H](OC(C)(C)C)c1c(C)cc2nc3c(Br)n2c1N1CCC(C)(CC1)OCCCC[C@H](N)Oc1cc(C)c(F)cc1-c1cccc-3c1. The number of hydrogen-bond acceptors (Lipinski definition) is 8. The van der Waals surface area contributed by atoms with E-state index in [2.05, 4.69) is 32.2 Å². The second-order valence-electron chi connectivity index (χ2n) is 14.8. The van der Waals surface area contributed by atoms with Crippen LogP contribution in [0.25, 0.3) is 28.0 Å². The second-order valence-corrected chi connectivity index (χ2v) is 15.5. The number of methoxy groups -OCH3 is 1. The summed E-state index contributed by atoms with van der Waals surface area (Å²) in [5.41, 5.74) is 11.2. The van der Waals surface area contributed by atoms with Gasteiger partial charge >= 0.3 is 5.97 Å². The molecule has 0 unspecified atom stereocenters. The first-order chi connectivity index (χ1) is 23.7. The number of aryl methyl sites for hydroxylation is 2. The number of fused-ring (bicyclic) bond motifs is 8. The van der Waals surface area contributed by atoms with E-state index in [1.165, 1.54) is 13.2 Å². The van der Waals surface area contributed by atoms with E-state index in [0.717, 1.165) is 53.8 Å². The van der Waals surface area contributed by atoms with E-state index in [4.69, 9.17) is 29.7 Å². The number of esters is 1. The summed E-state index contributed by atoms with van der Waals surface area (Å²) in [5, 5.41) is 0. The number of nitrogens with two attached hydrogens (primary N) is 1. The van der Waals surface area contributed by atoms with Gasteiger partial charge in [-0.3, -0.25) is 10.1 Å². The van der Waals surface area contributed by atoms with Gasteiger partial charge in [0.25, 0.3) is 0 Å². The van der Waals surface area contributed by atoms with Crippen LogP contribution in [0, 0.1) is 19.7 Å². The van der Waals surface area contributed by atoms with E-state index in [-0.39, 0.29) is 11.4 Å². The van der Waals surface area contributed by atoms with E-state index in [9.17, 15) is 4.79 Å². The maximum atomic E-state index is 15.1. The normalized spacial score (nSPS) is 20.8. The number of halogens is 2. The van der Waals surface area contributed by atoms with Crippen molar-refractivity contribution in [2.24, 2.45) is 5.73 Å². The van der Waals surface area contributed by atoms with Crippen LogP contribution < -0.4 is 15.4 Å². The highest BCUT2D eigenvalue weighted by Gasteiger charge is 2.38. The fraction of sp³-hybridized carbons (Fsp3) is 0.487. The highest BCUT2D eigenvalue weighted by atomic mass is 79.9. The number of ether oxygens (including phenoxy) is 4. The van der Waals surface area contributed by atoms with Crippen LogP contribution in [-0.4, -0.2) is 59.6 Å². The Morgan fingerprint density at radius 3 is 2.52 bits per heavy atom. The monoisotopic (exact) mass is 750 g/mol. The van der Waals surface area contributed by atoms with E-state index >= 15 is 4.39 Å². The van der Waals surface area contributed by atoms with Crippen molar-refractivity contribution in [3.8, 4) is 28.1 Å². The Hall–Kier alpha value is -3.51. The summed E-state index contributed by atoms with van der Waals surface area (Å²) in [6, 6.07) is 13.0. The standard InChI is InChI=1S/C39H48BrFN4O5/c1-23-19-29-27(22-28(23)41)25-11-10-12-26(21-25)33-35(40)45-31(43-33)20-24(2)32(34(37(46)47-7)50-38(3,4)5)36(45)44-16-14-39(6,15-17-44)48-18-9-8-13-30(42)49-29/h10-12,19-22,30,34H,8-9,13-18,42H2,1-7H3/t30-,34+/m1/s1. The van der Waals surface area contributed by atoms with Gasteiger partial charge in [0.05, 0.1) is 18.3 Å². The van der Waals surface area contributed by atoms with Crippen LogP contribution in [0.1, 0.15) is 82.6 Å².